The largest absolute Gasteiger partial charge is 0.387 e. The van der Waals surface area contributed by atoms with Crippen molar-refractivity contribution in [3.63, 3.8) is 0 Å². The molecule has 12 heavy (non-hydrogen) atoms. The normalized spacial score (nSPS) is 9.58. The fourth-order valence-electron chi connectivity index (χ4n) is 0.936. The van der Waals surface area contributed by atoms with E-state index < -0.39 is 0 Å². The third kappa shape index (κ3) is 1.77. The third-order valence-corrected chi connectivity index (χ3v) is 1.97. The van der Waals surface area contributed by atoms with Gasteiger partial charge < -0.3 is 5.32 Å². The number of rotatable bonds is 2. The fourth-order valence-corrected chi connectivity index (χ4v) is 1.15. The second-order valence-corrected chi connectivity index (χ2v) is 2.91. The highest BCUT2D eigenvalue weighted by Crippen LogP contribution is 2.22. The highest BCUT2D eigenvalue weighted by molar-refractivity contribution is 6.33. The molecular weight excluding hydrogens is 174 g/mol. The lowest BCUT2D eigenvalue weighted by atomic mass is 10.1. The van der Waals surface area contributed by atoms with E-state index in [1.807, 2.05) is 0 Å². The summed E-state index contributed by atoms with van der Waals surface area (Å²) >= 11 is 5.83. The maximum Gasteiger partial charge on any atom is 0.159 e. The van der Waals surface area contributed by atoms with Gasteiger partial charge in [0.15, 0.2) is 5.78 Å². The Morgan fingerprint density at radius 1 is 1.50 bits per heavy atom. The predicted molar refractivity (Wildman–Crippen MR) is 51.0 cm³/mol. The van der Waals surface area contributed by atoms with Gasteiger partial charge in [0, 0.05) is 12.6 Å². The van der Waals surface area contributed by atoms with Crippen molar-refractivity contribution in [2.45, 2.75) is 6.92 Å². The highest BCUT2D eigenvalue weighted by Gasteiger charge is 2.02. The van der Waals surface area contributed by atoms with Crippen LogP contribution in [0.15, 0.2) is 18.2 Å². The van der Waals surface area contributed by atoms with Gasteiger partial charge in [-0.25, -0.2) is 0 Å². The number of benzene rings is 1. The summed E-state index contributed by atoms with van der Waals surface area (Å²) in [4.78, 5) is 11.0. The number of ketones is 1. The van der Waals surface area contributed by atoms with Crippen LogP contribution in [0.4, 0.5) is 5.69 Å². The molecule has 0 heterocycles. The summed E-state index contributed by atoms with van der Waals surface area (Å²) in [6, 6.07) is 5.17. The molecule has 64 valence electrons. The van der Waals surface area contributed by atoms with Gasteiger partial charge in [-0.3, -0.25) is 4.79 Å². The Morgan fingerprint density at radius 2 is 2.17 bits per heavy atom. The van der Waals surface area contributed by atoms with Crippen LogP contribution in [0.3, 0.4) is 0 Å². The molecule has 3 heteroatoms. The lowest BCUT2D eigenvalue weighted by molar-refractivity contribution is 0.101. The summed E-state index contributed by atoms with van der Waals surface area (Å²) in [5, 5.41) is 3.53. The summed E-state index contributed by atoms with van der Waals surface area (Å²) < 4.78 is 0. The molecule has 0 aromatic heterocycles. The molecule has 0 fully saturated rings. The molecule has 0 radical (unpaired) electrons. The predicted octanol–water partition coefficient (Wildman–Crippen LogP) is 2.58. The van der Waals surface area contributed by atoms with Crippen molar-refractivity contribution in [1.82, 2.24) is 0 Å². The van der Waals surface area contributed by atoms with Crippen molar-refractivity contribution in [3.05, 3.63) is 28.8 Å². The first kappa shape index (κ1) is 9.07. The van der Waals surface area contributed by atoms with E-state index in [4.69, 9.17) is 11.6 Å². The molecule has 0 aliphatic rings. The molecule has 0 aliphatic heterocycles. The van der Waals surface area contributed by atoms with Gasteiger partial charge in [0.1, 0.15) is 0 Å². The van der Waals surface area contributed by atoms with E-state index in [0.29, 0.717) is 10.6 Å². The smallest absolute Gasteiger partial charge is 0.159 e. The number of nitrogens with one attached hydrogen (secondary N) is 1. The first-order valence-electron chi connectivity index (χ1n) is 3.63. The molecule has 0 saturated heterocycles. The van der Waals surface area contributed by atoms with Crippen molar-refractivity contribution < 1.29 is 4.79 Å². The molecule has 1 aromatic rings. The molecule has 0 atom stereocenters. The van der Waals surface area contributed by atoms with Crippen LogP contribution in [-0.2, 0) is 0 Å². The molecular formula is C9H10ClNO. The standard InChI is InChI=1S/C9H10ClNO/c1-6(12)7-3-4-8(10)9(5-7)11-2/h3-5,11H,1-2H3. The number of Topliss-reactive ketones (excluding diaryl/α,β-unsaturated/α-hetero) is 1. The van der Waals surface area contributed by atoms with Crippen molar-refractivity contribution in [3.8, 4) is 0 Å². The van der Waals surface area contributed by atoms with Crippen LogP contribution in [0.5, 0.6) is 0 Å². The Hall–Kier alpha value is -1.02. The Labute approximate surface area is 76.5 Å². The van der Waals surface area contributed by atoms with Crippen LogP contribution in [0.2, 0.25) is 5.02 Å². The molecule has 2 nitrogen and oxygen atoms in total. The zero-order chi connectivity index (χ0) is 9.14. The first-order valence-corrected chi connectivity index (χ1v) is 4.01. The number of halogens is 1. The van der Waals surface area contributed by atoms with Crippen molar-refractivity contribution in [2.24, 2.45) is 0 Å². The number of anilines is 1. The van der Waals surface area contributed by atoms with Crippen LogP contribution in [0.1, 0.15) is 17.3 Å². The third-order valence-electron chi connectivity index (χ3n) is 1.64. The van der Waals surface area contributed by atoms with E-state index in [0.717, 1.165) is 5.69 Å². The zero-order valence-corrected chi connectivity index (χ0v) is 7.77. The van der Waals surface area contributed by atoms with Crippen molar-refractivity contribution in [2.75, 3.05) is 12.4 Å². The number of hydrogen-bond donors (Lipinski definition) is 1. The maximum atomic E-state index is 11.0. The minimum Gasteiger partial charge on any atom is -0.387 e. The average Bonchev–Trinajstić information content (AvgIpc) is 2.05. The quantitative estimate of drug-likeness (QED) is 0.715. The zero-order valence-electron chi connectivity index (χ0n) is 7.02. The SMILES string of the molecule is CNc1cc(C(C)=O)ccc1Cl. The topological polar surface area (TPSA) is 29.1 Å². The van der Waals surface area contributed by atoms with Gasteiger partial charge in [-0.15, -0.1) is 0 Å². The maximum absolute atomic E-state index is 11.0. The van der Waals surface area contributed by atoms with Gasteiger partial charge in [-0.1, -0.05) is 11.6 Å². The van der Waals surface area contributed by atoms with Crippen LogP contribution in [-0.4, -0.2) is 12.8 Å². The Kier molecular flexibility index (Phi) is 2.71. The van der Waals surface area contributed by atoms with Gasteiger partial charge in [0.05, 0.1) is 10.7 Å². The summed E-state index contributed by atoms with van der Waals surface area (Å²) in [5.74, 6) is 0.0446. The molecule has 0 bridgehead atoms. The summed E-state index contributed by atoms with van der Waals surface area (Å²) in [5.41, 5.74) is 1.45. The van der Waals surface area contributed by atoms with Crippen LogP contribution >= 0.6 is 11.6 Å². The lowest BCUT2D eigenvalue weighted by Crippen LogP contribution is -1.95. The molecule has 1 rings (SSSR count). The second-order valence-electron chi connectivity index (χ2n) is 2.50. The second kappa shape index (κ2) is 3.59. The van der Waals surface area contributed by atoms with Crippen molar-refractivity contribution >= 4 is 23.1 Å². The Bertz CT molecular complexity index is 309. The summed E-state index contributed by atoms with van der Waals surface area (Å²) in [6.45, 7) is 1.53. The molecule has 0 spiro atoms. The van der Waals surface area contributed by atoms with Gasteiger partial charge in [-0.05, 0) is 25.1 Å². The summed E-state index contributed by atoms with van der Waals surface area (Å²) in [6.07, 6.45) is 0. The van der Waals surface area contributed by atoms with Crippen LogP contribution < -0.4 is 5.32 Å². The average molecular weight is 184 g/mol. The van der Waals surface area contributed by atoms with E-state index >= 15 is 0 Å². The van der Waals surface area contributed by atoms with E-state index in [1.54, 1.807) is 25.2 Å². The minimum atomic E-state index is 0.0446. The molecule has 0 unspecified atom stereocenters. The number of carbonyl (C=O) groups is 1. The number of hydrogen-bond acceptors (Lipinski definition) is 2. The lowest BCUT2D eigenvalue weighted by Gasteiger charge is -2.04. The number of carbonyl (C=O) groups excluding carboxylic acids is 1. The van der Waals surface area contributed by atoms with Gasteiger partial charge >= 0.3 is 0 Å². The monoisotopic (exact) mass is 183 g/mol. The highest BCUT2D eigenvalue weighted by atomic mass is 35.5. The van der Waals surface area contributed by atoms with Crippen molar-refractivity contribution in [1.29, 1.82) is 0 Å². The summed E-state index contributed by atoms with van der Waals surface area (Å²) in [7, 11) is 1.77. The Balaban J connectivity index is 3.13. The van der Waals surface area contributed by atoms with E-state index in [-0.39, 0.29) is 5.78 Å². The van der Waals surface area contributed by atoms with Crippen LogP contribution in [0, 0.1) is 0 Å². The molecule has 0 aliphatic carbocycles. The van der Waals surface area contributed by atoms with Gasteiger partial charge in [-0.2, -0.15) is 0 Å². The van der Waals surface area contributed by atoms with E-state index in [1.165, 1.54) is 6.92 Å². The molecule has 1 N–H and O–H groups in total. The minimum absolute atomic E-state index is 0.0446. The molecule has 1 aromatic carbocycles. The first-order chi connectivity index (χ1) is 5.65. The molecule has 0 amide bonds. The van der Waals surface area contributed by atoms with Gasteiger partial charge in [0.25, 0.3) is 0 Å². The van der Waals surface area contributed by atoms with E-state index in [2.05, 4.69) is 5.32 Å². The van der Waals surface area contributed by atoms with E-state index in [9.17, 15) is 4.79 Å². The fraction of sp³-hybridized carbons (Fsp3) is 0.222. The molecule has 0 saturated carbocycles. The van der Waals surface area contributed by atoms with Crippen LogP contribution in [0.25, 0.3) is 0 Å². The Morgan fingerprint density at radius 3 is 2.67 bits per heavy atom. The van der Waals surface area contributed by atoms with Gasteiger partial charge in [0.2, 0.25) is 0 Å².